The molecule has 0 aliphatic carbocycles. The van der Waals surface area contributed by atoms with Gasteiger partial charge < -0.3 is 9.47 Å². The summed E-state index contributed by atoms with van der Waals surface area (Å²) in [5.41, 5.74) is 1.98. The van der Waals surface area contributed by atoms with Crippen LogP contribution in [0.15, 0.2) is 30.3 Å². The predicted octanol–water partition coefficient (Wildman–Crippen LogP) is 3.71. The van der Waals surface area contributed by atoms with Gasteiger partial charge in [-0.05, 0) is 36.2 Å². The fourth-order valence-corrected chi connectivity index (χ4v) is 2.20. The van der Waals surface area contributed by atoms with Gasteiger partial charge in [-0.15, -0.1) is 0 Å². The SMILES string of the molecule is Cc1ccc(F)cc1-c1cc(F)cc2c1OCCO2. The molecular weight excluding hydrogens is 250 g/mol. The van der Waals surface area contributed by atoms with Crippen LogP contribution in [0, 0.1) is 18.6 Å². The molecule has 2 aromatic carbocycles. The normalized spacial score (nSPS) is 13.4. The number of benzene rings is 2. The first kappa shape index (κ1) is 12.0. The average Bonchev–Trinajstić information content (AvgIpc) is 2.40. The van der Waals surface area contributed by atoms with Crippen molar-refractivity contribution in [2.45, 2.75) is 6.92 Å². The molecule has 0 atom stereocenters. The minimum atomic E-state index is -0.428. The number of ether oxygens (including phenoxy) is 2. The van der Waals surface area contributed by atoms with Gasteiger partial charge in [0.05, 0.1) is 0 Å². The third-order valence-electron chi connectivity index (χ3n) is 3.10. The molecule has 0 aromatic heterocycles. The van der Waals surface area contributed by atoms with E-state index < -0.39 is 5.82 Å². The third-order valence-corrected chi connectivity index (χ3v) is 3.10. The van der Waals surface area contributed by atoms with Gasteiger partial charge in [0.2, 0.25) is 0 Å². The van der Waals surface area contributed by atoms with Crippen molar-refractivity contribution >= 4 is 0 Å². The van der Waals surface area contributed by atoms with E-state index in [0.717, 1.165) is 5.56 Å². The highest BCUT2D eigenvalue weighted by Crippen LogP contribution is 2.41. The molecule has 0 bridgehead atoms. The van der Waals surface area contributed by atoms with Crippen LogP contribution in [0.2, 0.25) is 0 Å². The second-order valence-corrected chi connectivity index (χ2v) is 4.44. The minimum Gasteiger partial charge on any atom is -0.486 e. The van der Waals surface area contributed by atoms with Crippen LogP contribution in [0.4, 0.5) is 8.78 Å². The van der Waals surface area contributed by atoms with E-state index in [0.29, 0.717) is 35.8 Å². The summed E-state index contributed by atoms with van der Waals surface area (Å²) >= 11 is 0. The monoisotopic (exact) mass is 262 g/mol. The Hall–Kier alpha value is -2.10. The van der Waals surface area contributed by atoms with E-state index in [1.54, 1.807) is 6.07 Å². The first-order chi connectivity index (χ1) is 9.15. The molecule has 0 saturated heterocycles. The molecule has 2 aromatic rings. The van der Waals surface area contributed by atoms with Crippen LogP contribution in [-0.4, -0.2) is 13.2 Å². The van der Waals surface area contributed by atoms with E-state index in [2.05, 4.69) is 0 Å². The van der Waals surface area contributed by atoms with E-state index in [-0.39, 0.29) is 5.82 Å². The standard InChI is InChI=1S/C15H12F2O2/c1-9-2-3-10(16)6-12(9)13-7-11(17)8-14-15(13)19-5-4-18-14/h2-3,6-8H,4-5H2,1H3. The lowest BCUT2D eigenvalue weighted by molar-refractivity contribution is 0.171. The van der Waals surface area contributed by atoms with Gasteiger partial charge in [-0.2, -0.15) is 0 Å². The zero-order valence-corrected chi connectivity index (χ0v) is 10.4. The molecule has 19 heavy (non-hydrogen) atoms. The first-order valence-electron chi connectivity index (χ1n) is 6.01. The third kappa shape index (κ3) is 2.14. The topological polar surface area (TPSA) is 18.5 Å². The summed E-state index contributed by atoms with van der Waals surface area (Å²) in [4.78, 5) is 0. The molecule has 0 spiro atoms. The van der Waals surface area contributed by atoms with Crippen molar-refractivity contribution in [3.8, 4) is 22.6 Å². The van der Waals surface area contributed by atoms with Crippen molar-refractivity contribution in [2.75, 3.05) is 13.2 Å². The van der Waals surface area contributed by atoms with Crippen molar-refractivity contribution in [3.05, 3.63) is 47.5 Å². The van der Waals surface area contributed by atoms with Gasteiger partial charge >= 0.3 is 0 Å². The number of hydrogen-bond acceptors (Lipinski definition) is 2. The number of aryl methyl sites for hydroxylation is 1. The Morgan fingerprint density at radius 1 is 0.895 bits per heavy atom. The maximum Gasteiger partial charge on any atom is 0.169 e. The molecule has 2 nitrogen and oxygen atoms in total. The van der Waals surface area contributed by atoms with Crippen molar-refractivity contribution in [2.24, 2.45) is 0 Å². The van der Waals surface area contributed by atoms with E-state index >= 15 is 0 Å². The van der Waals surface area contributed by atoms with Gasteiger partial charge in [0.15, 0.2) is 11.5 Å². The quantitative estimate of drug-likeness (QED) is 0.780. The zero-order valence-electron chi connectivity index (χ0n) is 10.4. The molecular formula is C15H12F2O2. The Labute approximate surface area is 109 Å². The molecule has 0 amide bonds. The molecule has 0 N–H and O–H groups in total. The van der Waals surface area contributed by atoms with Gasteiger partial charge in [0.25, 0.3) is 0 Å². The van der Waals surface area contributed by atoms with Gasteiger partial charge in [0.1, 0.15) is 24.8 Å². The smallest absolute Gasteiger partial charge is 0.169 e. The highest BCUT2D eigenvalue weighted by molar-refractivity contribution is 5.76. The van der Waals surface area contributed by atoms with Crippen LogP contribution in [0.3, 0.4) is 0 Å². The van der Waals surface area contributed by atoms with Crippen LogP contribution >= 0.6 is 0 Å². The lowest BCUT2D eigenvalue weighted by Gasteiger charge is -2.22. The van der Waals surface area contributed by atoms with Gasteiger partial charge in [0, 0.05) is 11.6 Å². The summed E-state index contributed by atoms with van der Waals surface area (Å²) in [7, 11) is 0. The van der Waals surface area contributed by atoms with Crippen LogP contribution < -0.4 is 9.47 Å². The summed E-state index contributed by atoms with van der Waals surface area (Å²) in [6, 6.07) is 7.04. The van der Waals surface area contributed by atoms with Crippen LogP contribution in [0.25, 0.3) is 11.1 Å². The highest BCUT2D eigenvalue weighted by Gasteiger charge is 2.20. The molecule has 1 aliphatic rings. The minimum absolute atomic E-state index is 0.365. The van der Waals surface area contributed by atoms with Gasteiger partial charge in [-0.3, -0.25) is 0 Å². The second kappa shape index (κ2) is 4.53. The largest absolute Gasteiger partial charge is 0.486 e. The molecule has 3 rings (SSSR count). The second-order valence-electron chi connectivity index (χ2n) is 4.44. The summed E-state index contributed by atoms with van der Waals surface area (Å²) in [6.07, 6.45) is 0. The molecule has 1 aliphatic heterocycles. The molecule has 0 unspecified atom stereocenters. The molecule has 0 radical (unpaired) electrons. The van der Waals surface area contributed by atoms with E-state index in [1.807, 2.05) is 6.92 Å². The van der Waals surface area contributed by atoms with Gasteiger partial charge in [-0.1, -0.05) is 6.07 Å². The van der Waals surface area contributed by atoms with Crippen molar-refractivity contribution < 1.29 is 18.3 Å². The highest BCUT2D eigenvalue weighted by atomic mass is 19.1. The molecule has 98 valence electrons. The zero-order chi connectivity index (χ0) is 13.4. The summed E-state index contributed by atoms with van der Waals surface area (Å²) in [5, 5.41) is 0. The van der Waals surface area contributed by atoms with Crippen LogP contribution in [-0.2, 0) is 0 Å². The Morgan fingerprint density at radius 2 is 1.63 bits per heavy atom. The Kier molecular flexibility index (Phi) is 2.85. The van der Waals surface area contributed by atoms with Crippen molar-refractivity contribution in [3.63, 3.8) is 0 Å². The summed E-state index contributed by atoms with van der Waals surface area (Å²) < 4.78 is 38.0. The maximum atomic E-state index is 13.6. The molecule has 4 heteroatoms. The molecule has 0 saturated carbocycles. The van der Waals surface area contributed by atoms with E-state index in [4.69, 9.17) is 9.47 Å². The van der Waals surface area contributed by atoms with E-state index in [9.17, 15) is 8.78 Å². The predicted molar refractivity (Wildman–Crippen MR) is 67.5 cm³/mol. The Bertz CT molecular complexity index is 638. The Morgan fingerprint density at radius 3 is 2.47 bits per heavy atom. The summed E-state index contributed by atoms with van der Waals surface area (Å²) in [6.45, 7) is 2.63. The average molecular weight is 262 g/mol. The maximum absolute atomic E-state index is 13.6. The summed E-state index contributed by atoms with van der Waals surface area (Å²) in [5.74, 6) is 0.0458. The fourth-order valence-electron chi connectivity index (χ4n) is 2.20. The number of rotatable bonds is 1. The van der Waals surface area contributed by atoms with Crippen LogP contribution in [0.5, 0.6) is 11.5 Å². The fraction of sp³-hybridized carbons (Fsp3) is 0.200. The number of hydrogen-bond donors (Lipinski definition) is 0. The van der Waals surface area contributed by atoms with Crippen molar-refractivity contribution in [1.29, 1.82) is 0 Å². The Balaban J connectivity index is 2.24. The lowest BCUT2D eigenvalue weighted by atomic mass is 9.99. The van der Waals surface area contributed by atoms with Crippen molar-refractivity contribution in [1.82, 2.24) is 0 Å². The molecule has 1 heterocycles. The number of halogens is 2. The van der Waals surface area contributed by atoms with Gasteiger partial charge in [-0.25, -0.2) is 8.78 Å². The number of fused-ring (bicyclic) bond motifs is 1. The first-order valence-corrected chi connectivity index (χ1v) is 6.01. The molecule has 0 fully saturated rings. The lowest BCUT2D eigenvalue weighted by Crippen LogP contribution is -2.16. The van der Waals surface area contributed by atoms with Crippen LogP contribution in [0.1, 0.15) is 5.56 Å². The van der Waals surface area contributed by atoms with E-state index in [1.165, 1.54) is 24.3 Å².